The molecule has 0 spiro atoms. The van der Waals surface area contributed by atoms with Crippen molar-refractivity contribution >= 4 is 11.0 Å². The number of nitrogens with zero attached hydrogens (tertiary/aromatic N) is 5. The number of aromatic nitrogens is 3. The normalized spacial score (nSPS) is 21.6. The van der Waals surface area contributed by atoms with E-state index in [0.29, 0.717) is 6.04 Å². The summed E-state index contributed by atoms with van der Waals surface area (Å²) in [6, 6.07) is 17.4. The van der Waals surface area contributed by atoms with Gasteiger partial charge in [-0.15, -0.1) is 0 Å². The lowest BCUT2D eigenvalue weighted by Crippen LogP contribution is -2.49. The molecule has 1 aliphatic heterocycles. The third kappa shape index (κ3) is 4.63. The molecule has 1 saturated heterocycles. The van der Waals surface area contributed by atoms with E-state index in [1.54, 1.807) is 6.33 Å². The molecule has 0 N–H and O–H groups in total. The second-order valence-electron chi connectivity index (χ2n) is 10.3. The van der Waals surface area contributed by atoms with Gasteiger partial charge in [0.25, 0.3) is 0 Å². The first kappa shape index (κ1) is 23.2. The monoisotopic (exact) mass is 480 g/mol. The minimum Gasteiger partial charge on any atom is -0.457 e. The average molecular weight is 481 g/mol. The van der Waals surface area contributed by atoms with Crippen LogP contribution in [-0.4, -0.2) is 63.6 Å². The van der Waals surface area contributed by atoms with Crippen molar-refractivity contribution in [3.8, 4) is 22.6 Å². The Bertz CT molecular complexity index is 1320. The van der Waals surface area contributed by atoms with Gasteiger partial charge in [0.05, 0.1) is 5.39 Å². The summed E-state index contributed by atoms with van der Waals surface area (Å²) < 4.78 is 8.46. The molecule has 3 heterocycles. The van der Waals surface area contributed by atoms with Gasteiger partial charge >= 0.3 is 0 Å². The number of aryl methyl sites for hydroxylation is 1. The van der Waals surface area contributed by atoms with Gasteiger partial charge in [-0.25, -0.2) is 9.97 Å². The molecule has 6 rings (SSSR count). The Morgan fingerprint density at radius 1 is 0.861 bits per heavy atom. The number of likely N-dealkylation sites (N-methyl/N-ethyl adjacent to an activating group) is 1. The van der Waals surface area contributed by atoms with E-state index in [1.165, 1.54) is 63.0 Å². The molecule has 36 heavy (non-hydrogen) atoms. The highest BCUT2D eigenvalue weighted by atomic mass is 16.5. The summed E-state index contributed by atoms with van der Waals surface area (Å²) in [7, 11) is 2.23. The van der Waals surface area contributed by atoms with Gasteiger partial charge in [-0.1, -0.05) is 24.3 Å². The van der Waals surface area contributed by atoms with Gasteiger partial charge in [-0.3, -0.25) is 4.90 Å². The van der Waals surface area contributed by atoms with Crippen LogP contribution in [0.5, 0.6) is 11.5 Å². The van der Waals surface area contributed by atoms with Crippen molar-refractivity contribution in [3.63, 3.8) is 0 Å². The smallest absolute Gasteiger partial charge is 0.144 e. The van der Waals surface area contributed by atoms with E-state index >= 15 is 0 Å². The molecule has 2 aromatic carbocycles. The first-order valence-corrected chi connectivity index (χ1v) is 13.2. The van der Waals surface area contributed by atoms with Crippen LogP contribution in [0.3, 0.4) is 0 Å². The lowest BCUT2D eigenvalue weighted by Gasteiger charge is -2.41. The quantitative estimate of drug-likeness (QED) is 0.365. The van der Waals surface area contributed by atoms with Crippen molar-refractivity contribution in [2.24, 2.45) is 0 Å². The molecule has 1 radical (unpaired) electrons. The Morgan fingerprint density at radius 3 is 2.36 bits per heavy atom. The third-order valence-corrected chi connectivity index (χ3v) is 8.00. The maximum Gasteiger partial charge on any atom is 0.144 e. The van der Waals surface area contributed by atoms with Gasteiger partial charge in [0.15, 0.2) is 0 Å². The Hall–Kier alpha value is -3.22. The number of ether oxygens (including phenoxy) is 1. The van der Waals surface area contributed by atoms with Crippen LogP contribution in [0.2, 0.25) is 0 Å². The lowest BCUT2D eigenvalue weighted by molar-refractivity contribution is 0.0828. The van der Waals surface area contributed by atoms with E-state index in [1.807, 2.05) is 36.4 Å². The molecule has 0 amide bonds. The van der Waals surface area contributed by atoms with E-state index < -0.39 is 0 Å². The molecule has 0 unspecified atom stereocenters. The van der Waals surface area contributed by atoms with E-state index in [2.05, 4.69) is 57.8 Å². The van der Waals surface area contributed by atoms with E-state index in [0.717, 1.165) is 34.1 Å². The summed E-state index contributed by atoms with van der Waals surface area (Å²) in [6.45, 7) is 6.92. The highest BCUT2D eigenvalue weighted by Gasteiger charge is 2.29. The Balaban J connectivity index is 1.24. The van der Waals surface area contributed by atoms with Gasteiger partial charge in [0, 0.05) is 50.0 Å². The third-order valence-electron chi connectivity index (χ3n) is 8.00. The van der Waals surface area contributed by atoms with Crippen LogP contribution < -0.4 is 4.74 Å². The van der Waals surface area contributed by atoms with E-state index in [9.17, 15) is 0 Å². The van der Waals surface area contributed by atoms with Crippen LogP contribution in [0, 0.1) is 13.1 Å². The second kappa shape index (κ2) is 10.0. The Morgan fingerprint density at radius 2 is 1.61 bits per heavy atom. The Kier molecular flexibility index (Phi) is 6.46. The van der Waals surface area contributed by atoms with Crippen molar-refractivity contribution in [1.29, 1.82) is 0 Å². The molecular weight excluding hydrogens is 446 g/mol. The first-order valence-electron chi connectivity index (χ1n) is 13.2. The molecule has 4 aromatic rings. The molecule has 185 valence electrons. The van der Waals surface area contributed by atoms with Gasteiger partial charge in [-0.05, 0) is 75.0 Å². The van der Waals surface area contributed by atoms with Crippen molar-refractivity contribution in [3.05, 3.63) is 72.8 Å². The van der Waals surface area contributed by atoms with Gasteiger partial charge < -0.3 is 14.2 Å². The standard InChI is InChI=1S/C30H34N5O/c1-22-18-26(36-25-6-4-3-5-7-25)12-13-27(22)29-20-35(30-28(29)19-31-21-32-30)24-10-8-23(9-11-24)34-16-14-33(2)15-17-34/h3-7,12-13,18,20-21,23-24H,8-11,14-17H2,1-2H3. The van der Waals surface area contributed by atoms with Gasteiger partial charge in [0.1, 0.15) is 29.7 Å². The zero-order valence-electron chi connectivity index (χ0n) is 21.2. The van der Waals surface area contributed by atoms with Crippen LogP contribution in [-0.2, 0) is 0 Å². The maximum atomic E-state index is 6.06. The number of fused-ring (bicyclic) bond motifs is 1. The highest BCUT2D eigenvalue weighted by Crippen LogP contribution is 2.39. The fraction of sp³-hybridized carbons (Fsp3) is 0.400. The SMILES string of the molecule is Cc1cc(Oc2ccccc2)ccc1-c1cn(C2CCC(N3CCN(C)CC3)CC2)c2ncn[c]c12. The summed E-state index contributed by atoms with van der Waals surface area (Å²) in [6.07, 6.45) is 12.0. The molecule has 6 nitrogen and oxygen atoms in total. The fourth-order valence-corrected chi connectivity index (χ4v) is 5.93. The minimum atomic E-state index is 0.467. The largest absolute Gasteiger partial charge is 0.457 e. The van der Waals surface area contributed by atoms with Crippen LogP contribution in [0.25, 0.3) is 22.2 Å². The predicted molar refractivity (Wildman–Crippen MR) is 143 cm³/mol. The molecule has 6 heteroatoms. The summed E-state index contributed by atoms with van der Waals surface area (Å²) in [5, 5.41) is 0.999. The number of hydrogen-bond acceptors (Lipinski definition) is 5. The average Bonchev–Trinajstić information content (AvgIpc) is 3.29. The molecule has 2 aromatic heterocycles. The number of benzene rings is 2. The predicted octanol–water partition coefficient (Wildman–Crippen LogP) is 5.73. The summed E-state index contributed by atoms with van der Waals surface area (Å²) in [5.74, 6) is 1.68. The summed E-state index contributed by atoms with van der Waals surface area (Å²) in [4.78, 5) is 14.1. The lowest BCUT2D eigenvalue weighted by atomic mass is 9.89. The van der Waals surface area contributed by atoms with Crippen molar-refractivity contribution < 1.29 is 4.74 Å². The second-order valence-corrected chi connectivity index (χ2v) is 10.3. The number of rotatable bonds is 5. The van der Waals surface area contributed by atoms with Gasteiger partial charge in [0.2, 0.25) is 0 Å². The van der Waals surface area contributed by atoms with Crippen molar-refractivity contribution in [2.45, 2.75) is 44.7 Å². The van der Waals surface area contributed by atoms with Crippen LogP contribution in [0.4, 0.5) is 0 Å². The van der Waals surface area contributed by atoms with E-state index in [4.69, 9.17) is 9.72 Å². The van der Waals surface area contributed by atoms with Crippen LogP contribution in [0.1, 0.15) is 37.3 Å². The zero-order valence-corrected chi connectivity index (χ0v) is 21.2. The molecule has 1 aliphatic carbocycles. The van der Waals surface area contributed by atoms with Crippen LogP contribution in [0.15, 0.2) is 61.1 Å². The molecule has 0 atom stereocenters. The zero-order chi connectivity index (χ0) is 24.5. The number of hydrogen-bond donors (Lipinski definition) is 0. The molecule has 2 fully saturated rings. The molecule has 2 aliphatic rings. The highest BCUT2D eigenvalue weighted by molar-refractivity contribution is 5.94. The van der Waals surface area contributed by atoms with Gasteiger partial charge in [-0.2, -0.15) is 0 Å². The number of piperazine rings is 1. The molecule has 1 saturated carbocycles. The topological polar surface area (TPSA) is 46.4 Å². The maximum absolute atomic E-state index is 6.06. The Labute approximate surface area is 213 Å². The van der Waals surface area contributed by atoms with Crippen LogP contribution >= 0.6 is 0 Å². The summed E-state index contributed by atoms with van der Waals surface area (Å²) >= 11 is 0. The fourth-order valence-electron chi connectivity index (χ4n) is 5.93. The minimum absolute atomic E-state index is 0.467. The summed E-state index contributed by atoms with van der Waals surface area (Å²) in [5.41, 5.74) is 4.48. The number of para-hydroxylation sites is 1. The van der Waals surface area contributed by atoms with E-state index in [-0.39, 0.29) is 0 Å². The van der Waals surface area contributed by atoms with Crippen molar-refractivity contribution in [2.75, 3.05) is 33.2 Å². The van der Waals surface area contributed by atoms with Crippen molar-refractivity contribution in [1.82, 2.24) is 24.3 Å². The molecular formula is C30H34N5O. The first-order chi connectivity index (χ1) is 17.7. The molecule has 0 bridgehead atoms.